The number of rotatable bonds is 5. The molecule has 3 heteroatoms. The van der Waals surface area contributed by atoms with Crippen molar-refractivity contribution >= 4 is 11.3 Å². The molecule has 2 aliphatic rings. The van der Waals surface area contributed by atoms with Crippen molar-refractivity contribution in [1.82, 2.24) is 10.2 Å². The average Bonchev–Trinajstić information content (AvgIpc) is 3.05. The van der Waals surface area contributed by atoms with Crippen LogP contribution < -0.4 is 5.32 Å². The van der Waals surface area contributed by atoms with Crippen LogP contribution in [0, 0.1) is 5.92 Å². The van der Waals surface area contributed by atoms with Gasteiger partial charge in [0.15, 0.2) is 0 Å². The molecule has 0 amide bonds. The molecule has 3 atom stereocenters. The molecule has 1 N–H and O–H groups in total. The number of nitrogens with zero attached hydrogens (tertiary/aromatic N) is 1. The molecule has 2 bridgehead atoms. The van der Waals surface area contributed by atoms with E-state index in [9.17, 15) is 0 Å². The quantitative estimate of drug-likeness (QED) is 0.864. The second kappa shape index (κ2) is 5.09. The van der Waals surface area contributed by atoms with Crippen LogP contribution in [-0.4, -0.2) is 30.1 Å². The first-order valence-electron chi connectivity index (χ1n) is 6.82. The molecular weight excluding hydrogens is 228 g/mol. The highest BCUT2D eigenvalue weighted by Gasteiger charge is 2.39. The Hall–Kier alpha value is -0.380. The second-order valence-electron chi connectivity index (χ2n) is 5.59. The van der Waals surface area contributed by atoms with Crippen molar-refractivity contribution in [3.8, 4) is 0 Å². The molecular formula is C14H22N2S. The average molecular weight is 250 g/mol. The van der Waals surface area contributed by atoms with Crippen LogP contribution >= 0.6 is 11.3 Å². The van der Waals surface area contributed by atoms with Crippen molar-refractivity contribution < 1.29 is 0 Å². The highest BCUT2D eigenvalue weighted by molar-refractivity contribution is 7.09. The summed E-state index contributed by atoms with van der Waals surface area (Å²) in [7, 11) is 0. The first-order valence-corrected chi connectivity index (χ1v) is 7.69. The van der Waals surface area contributed by atoms with Gasteiger partial charge in [-0.15, -0.1) is 11.3 Å². The van der Waals surface area contributed by atoms with E-state index in [1.165, 1.54) is 30.7 Å². The van der Waals surface area contributed by atoms with Crippen molar-refractivity contribution in [2.45, 2.75) is 44.8 Å². The Balaban J connectivity index is 1.43. The van der Waals surface area contributed by atoms with Crippen molar-refractivity contribution in [1.29, 1.82) is 0 Å². The van der Waals surface area contributed by atoms with Crippen LogP contribution in [0.3, 0.4) is 0 Å². The lowest BCUT2D eigenvalue weighted by Crippen LogP contribution is -2.44. The van der Waals surface area contributed by atoms with Gasteiger partial charge >= 0.3 is 0 Å². The monoisotopic (exact) mass is 250 g/mol. The normalized spacial score (nSPS) is 29.9. The van der Waals surface area contributed by atoms with Crippen LogP contribution in [0.5, 0.6) is 0 Å². The largest absolute Gasteiger partial charge is 0.310 e. The minimum atomic E-state index is 0.699. The summed E-state index contributed by atoms with van der Waals surface area (Å²) in [6.45, 7) is 5.89. The molecule has 0 radical (unpaired) electrons. The summed E-state index contributed by atoms with van der Waals surface area (Å²) in [5.41, 5.74) is 0. The van der Waals surface area contributed by atoms with Gasteiger partial charge < -0.3 is 5.32 Å². The number of thiophene rings is 1. The van der Waals surface area contributed by atoms with Gasteiger partial charge in [-0.2, -0.15) is 0 Å². The Kier molecular flexibility index (Phi) is 3.50. The van der Waals surface area contributed by atoms with Gasteiger partial charge in [0, 0.05) is 36.6 Å². The summed E-state index contributed by atoms with van der Waals surface area (Å²) in [6, 6.07) is 5.94. The molecule has 3 rings (SSSR count). The van der Waals surface area contributed by atoms with Crippen molar-refractivity contribution in [2.24, 2.45) is 5.92 Å². The maximum absolute atomic E-state index is 3.59. The molecule has 17 heavy (non-hydrogen) atoms. The minimum absolute atomic E-state index is 0.699. The third-order valence-corrected chi connectivity index (χ3v) is 5.21. The number of nitrogens with one attached hydrogen (secondary N) is 1. The third kappa shape index (κ3) is 2.56. The number of hydrogen-bond donors (Lipinski definition) is 1. The molecule has 3 unspecified atom stereocenters. The van der Waals surface area contributed by atoms with Gasteiger partial charge in [-0.3, -0.25) is 4.90 Å². The van der Waals surface area contributed by atoms with Crippen molar-refractivity contribution in [2.75, 3.05) is 13.1 Å². The van der Waals surface area contributed by atoms with E-state index in [1.54, 1.807) is 0 Å². The summed E-state index contributed by atoms with van der Waals surface area (Å²) in [6.07, 6.45) is 4.39. The Labute approximate surface area is 108 Å². The molecule has 1 saturated carbocycles. The molecule has 1 aliphatic carbocycles. The fraction of sp³-hybridized carbons (Fsp3) is 0.714. The first kappa shape index (κ1) is 11.7. The molecule has 2 heterocycles. The standard InChI is InChI=1S/C14H22N2S/c1-11(8-15-9-14-3-2-6-17-14)16-10-12-4-5-13(16)7-12/h2-3,6,11-13,15H,4-5,7-10H2,1H3. The lowest BCUT2D eigenvalue weighted by molar-refractivity contribution is 0.156. The van der Waals surface area contributed by atoms with E-state index in [1.807, 2.05) is 11.3 Å². The molecule has 1 aromatic rings. The molecule has 2 fully saturated rings. The van der Waals surface area contributed by atoms with Crippen LogP contribution in [-0.2, 0) is 6.54 Å². The topological polar surface area (TPSA) is 15.3 Å². The fourth-order valence-corrected chi connectivity index (χ4v) is 4.11. The summed E-state index contributed by atoms with van der Waals surface area (Å²) in [5, 5.41) is 5.75. The number of fused-ring (bicyclic) bond motifs is 2. The predicted molar refractivity (Wildman–Crippen MR) is 73.3 cm³/mol. The van der Waals surface area contributed by atoms with Gasteiger partial charge in [-0.05, 0) is 43.6 Å². The van der Waals surface area contributed by atoms with E-state index in [4.69, 9.17) is 0 Å². The van der Waals surface area contributed by atoms with Gasteiger partial charge in [0.05, 0.1) is 0 Å². The second-order valence-corrected chi connectivity index (χ2v) is 6.62. The number of hydrogen-bond acceptors (Lipinski definition) is 3. The SMILES string of the molecule is CC(CNCc1cccs1)N1CC2CCC1C2. The Bertz CT molecular complexity index is 349. The van der Waals surface area contributed by atoms with E-state index < -0.39 is 0 Å². The molecule has 1 aliphatic heterocycles. The Morgan fingerprint density at radius 3 is 3.12 bits per heavy atom. The van der Waals surface area contributed by atoms with Gasteiger partial charge in [-0.25, -0.2) is 0 Å². The van der Waals surface area contributed by atoms with Crippen LogP contribution in [0.1, 0.15) is 31.1 Å². The van der Waals surface area contributed by atoms with Gasteiger partial charge in [0.2, 0.25) is 0 Å². The lowest BCUT2D eigenvalue weighted by Gasteiger charge is -2.32. The predicted octanol–water partition coefficient (Wildman–Crippen LogP) is 2.71. The number of piperidine rings is 1. The molecule has 1 aromatic heterocycles. The zero-order valence-corrected chi connectivity index (χ0v) is 11.4. The molecule has 94 valence electrons. The first-order chi connectivity index (χ1) is 8.33. The zero-order valence-electron chi connectivity index (χ0n) is 10.6. The van der Waals surface area contributed by atoms with E-state index in [-0.39, 0.29) is 0 Å². The van der Waals surface area contributed by atoms with E-state index in [2.05, 4.69) is 34.7 Å². The smallest absolute Gasteiger partial charge is 0.0300 e. The fourth-order valence-electron chi connectivity index (χ4n) is 3.44. The van der Waals surface area contributed by atoms with E-state index >= 15 is 0 Å². The van der Waals surface area contributed by atoms with Gasteiger partial charge in [0.1, 0.15) is 0 Å². The van der Waals surface area contributed by atoms with Crippen LogP contribution in [0.4, 0.5) is 0 Å². The number of likely N-dealkylation sites (tertiary alicyclic amines) is 1. The van der Waals surface area contributed by atoms with E-state index in [0.29, 0.717) is 6.04 Å². The maximum Gasteiger partial charge on any atom is 0.0300 e. The van der Waals surface area contributed by atoms with Crippen molar-refractivity contribution in [3.05, 3.63) is 22.4 Å². The summed E-state index contributed by atoms with van der Waals surface area (Å²) < 4.78 is 0. The minimum Gasteiger partial charge on any atom is -0.310 e. The Morgan fingerprint density at radius 1 is 1.53 bits per heavy atom. The maximum atomic E-state index is 3.59. The van der Waals surface area contributed by atoms with Gasteiger partial charge in [-0.1, -0.05) is 6.07 Å². The highest BCUT2D eigenvalue weighted by Crippen LogP contribution is 2.38. The van der Waals surface area contributed by atoms with Crippen molar-refractivity contribution in [3.63, 3.8) is 0 Å². The summed E-state index contributed by atoms with van der Waals surface area (Å²) in [4.78, 5) is 4.18. The Morgan fingerprint density at radius 2 is 2.47 bits per heavy atom. The van der Waals surface area contributed by atoms with Crippen LogP contribution in [0.2, 0.25) is 0 Å². The molecule has 0 aromatic carbocycles. The lowest BCUT2D eigenvalue weighted by atomic mass is 10.1. The summed E-state index contributed by atoms with van der Waals surface area (Å²) in [5.74, 6) is 1.01. The molecule has 2 nitrogen and oxygen atoms in total. The van der Waals surface area contributed by atoms with Crippen LogP contribution in [0.25, 0.3) is 0 Å². The van der Waals surface area contributed by atoms with E-state index in [0.717, 1.165) is 25.0 Å². The highest BCUT2D eigenvalue weighted by atomic mass is 32.1. The van der Waals surface area contributed by atoms with Gasteiger partial charge in [0.25, 0.3) is 0 Å². The third-order valence-electron chi connectivity index (χ3n) is 4.34. The molecule has 1 saturated heterocycles. The zero-order chi connectivity index (χ0) is 11.7. The van der Waals surface area contributed by atoms with Crippen LogP contribution in [0.15, 0.2) is 17.5 Å². The molecule has 0 spiro atoms. The summed E-state index contributed by atoms with van der Waals surface area (Å²) >= 11 is 1.84.